The van der Waals surface area contributed by atoms with Gasteiger partial charge in [0.25, 0.3) is 0 Å². The van der Waals surface area contributed by atoms with Gasteiger partial charge in [0.15, 0.2) is 5.43 Å². The third kappa shape index (κ3) is 6.44. The molecule has 0 spiro atoms. The molecule has 1 N–H and O–H groups in total. The van der Waals surface area contributed by atoms with Gasteiger partial charge in [-0.15, -0.1) is 0 Å². The summed E-state index contributed by atoms with van der Waals surface area (Å²) >= 11 is 0. The van der Waals surface area contributed by atoms with Crippen LogP contribution in [0.25, 0.3) is 17.0 Å². The number of benzene rings is 2. The number of fused-ring (bicyclic) bond motifs is 1. The van der Waals surface area contributed by atoms with Crippen LogP contribution < -0.4 is 10.7 Å². The lowest BCUT2D eigenvalue weighted by Crippen LogP contribution is -2.23. The maximum Gasteiger partial charge on any atom is 0.196 e. The van der Waals surface area contributed by atoms with Gasteiger partial charge in [-0.3, -0.25) is 4.79 Å². The lowest BCUT2D eigenvalue weighted by Gasteiger charge is -2.25. The molecule has 36 heavy (non-hydrogen) atoms. The summed E-state index contributed by atoms with van der Waals surface area (Å²) in [6.07, 6.45) is 14.1. The molecule has 2 aromatic carbocycles. The monoisotopic (exact) mass is 490 g/mol. The number of pyridine rings is 1. The van der Waals surface area contributed by atoms with Gasteiger partial charge in [-0.1, -0.05) is 75.6 Å². The fourth-order valence-electron chi connectivity index (χ4n) is 5.20. The van der Waals surface area contributed by atoms with Crippen molar-refractivity contribution in [2.45, 2.75) is 83.9 Å². The first kappa shape index (κ1) is 26.2. The highest BCUT2D eigenvalue weighted by Gasteiger charge is 2.19. The molecule has 0 bridgehead atoms. The molecule has 4 rings (SSSR count). The van der Waals surface area contributed by atoms with Crippen LogP contribution in [-0.2, 0) is 11.3 Å². The van der Waals surface area contributed by atoms with Gasteiger partial charge in [-0.05, 0) is 49.8 Å². The first-order valence-electron chi connectivity index (χ1n) is 13.5. The summed E-state index contributed by atoms with van der Waals surface area (Å²) in [7, 11) is 0. The molecule has 0 radical (unpaired) electrons. The van der Waals surface area contributed by atoms with Crippen molar-refractivity contribution in [3.05, 3.63) is 81.9 Å². The number of nitrogens with zero attached hydrogens (tertiary/aromatic N) is 1. The molecule has 192 valence electrons. The molecule has 0 saturated heterocycles. The maximum atomic E-state index is 15.2. The van der Waals surface area contributed by atoms with Crippen molar-refractivity contribution < 1.29 is 9.13 Å². The average Bonchev–Trinajstić information content (AvgIpc) is 2.91. The van der Waals surface area contributed by atoms with Gasteiger partial charge >= 0.3 is 0 Å². The van der Waals surface area contributed by atoms with Crippen LogP contribution in [0.4, 0.5) is 10.1 Å². The number of aromatic nitrogens is 1. The lowest BCUT2D eigenvalue weighted by atomic mass is 9.95. The molecule has 0 amide bonds. The highest BCUT2D eigenvalue weighted by atomic mass is 19.1. The highest BCUT2D eigenvalue weighted by Crippen LogP contribution is 2.29. The van der Waals surface area contributed by atoms with Gasteiger partial charge in [-0.25, -0.2) is 4.39 Å². The Morgan fingerprint density at radius 1 is 1.11 bits per heavy atom. The van der Waals surface area contributed by atoms with Crippen molar-refractivity contribution >= 4 is 22.7 Å². The van der Waals surface area contributed by atoms with Crippen molar-refractivity contribution in [3.8, 4) is 0 Å². The van der Waals surface area contributed by atoms with Crippen LogP contribution >= 0.6 is 0 Å². The fraction of sp³-hybridized carbons (Fsp3) is 0.452. The number of nitrogens with one attached hydrogen (secondary N) is 1. The lowest BCUT2D eigenvalue weighted by molar-refractivity contribution is 0.125. The summed E-state index contributed by atoms with van der Waals surface area (Å²) in [6.45, 7) is 5.46. The topological polar surface area (TPSA) is 43.3 Å². The van der Waals surface area contributed by atoms with Crippen molar-refractivity contribution in [2.24, 2.45) is 0 Å². The zero-order valence-electron chi connectivity index (χ0n) is 21.6. The Balaban J connectivity index is 1.56. The van der Waals surface area contributed by atoms with Crippen molar-refractivity contribution in [1.29, 1.82) is 0 Å². The second-order valence-corrected chi connectivity index (χ2v) is 9.85. The number of rotatable bonds is 11. The Kier molecular flexibility index (Phi) is 9.35. The minimum absolute atomic E-state index is 0.128. The molecule has 1 heterocycles. The van der Waals surface area contributed by atoms with Crippen molar-refractivity contribution in [2.75, 3.05) is 11.9 Å². The van der Waals surface area contributed by atoms with E-state index in [0.29, 0.717) is 42.3 Å². The number of anilines is 1. The smallest absolute Gasteiger partial charge is 0.196 e. The molecule has 1 fully saturated rings. The second kappa shape index (κ2) is 12.9. The van der Waals surface area contributed by atoms with Gasteiger partial charge in [0, 0.05) is 29.2 Å². The van der Waals surface area contributed by atoms with Gasteiger partial charge in [0.05, 0.1) is 24.4 Å². The second-order valence-electron chi connectivity index (χ2n) is 9.85. The maximum absolute atomic E-state index is 15.2. The van der Waals surface area contributed by atoms with Gasteiger partial charge in [0.2, 0.25) is 0 Å². The normalized spacial score (nSPS) is 14.8. The van der Waals surface area contributed by atoms with Crippen molar-refractivity contribution in [1.82, 2.24) is 4.57 Å². The number of hydrogen-bond acceptors (Lipinski definition) is 3. The molecule has 0 aliphatic heterocycles. The van der Waals surface area contributed by atoms with Gasteiger partial charge in [0.1, 0.15) is 5.82 Å². The zero-order valence-corrected chi connectivity index (χ0v) is 21.6. The standard InChI is InChI=1S/C31H39FN2O2/c1-3-26(4-2)34-21-24(15-11-12-18-36-22-23-13-7-5-8-14-23)31(35)27-19-28(32)29(20-30(27)34)33-25-16-9-6-10-17-25/h5,7-8,11,13-15,19-21,25-26,33H,3-4,6,9-10,12,16-18,22H2,1-2H3/b15-11+. The van der Waals surface area contributed by atoms with Gasteiger partial charge in [-0.2, -0.15) is 0 Å². The summed E-state index contributed by atoms with van der Waals surface area (Å²) in [4.78, 5) is 13.4. The van der Waals surface area contributed by atoms with Crippen LogP contribution in [0.2, 0.25) is 0 Å². The molecule has 3 aromatic rings. The summed E-state index contributed by atoms with van der Waals surface area (Å²) in [6, 6.07) is 13.9. The van der Waals surface area contributed by atoms with Crippen LogP contribution in [0, 0.1) is 5.82 Å². The van der Waals surface area contributed by atoms with E-state index in [1.165, 1.54) is 25.3 Å². The Hall–Kier alpha value is -2.92. The quantitative estimate of drug-likeness (QED) is 0.278. The predicted molar refractivity (Wildman–Crippen MR) is 148 cm³/mol. The van der Waals surface area contributed by atoms with Crippen molar-refractivity contribution in [3.63, 3.8) is 0 Å². The van der Waals surface area contributed by atoms with Crippen LogP contribution in [0.15, 0.2) is 59.5 Å². The number of halogens is 1. The Labute approximate surface area is 214 Å². The summed E-state index contributed by atoms with van der Waals surface area (Å²) in [5, 5.41) is 3.87. The third-order valence-electron chi connectivity index (χ3n) is 7.29. The molecular formula is C31H39FN2O2. The van der Waals surface area contributed by atoms with Crippen LogP contribution in [0.3, 0.4) is 0 Å². The van der Waals surface area contributed by atoms with Crippen LogP contribution in [0.5, 0.6) is 0 Å². The highest BCUT2D eigenvalue weighted by molar-refractivity contribution is 5.85. The largest absolute Gasteiger partial charge is 0.380 e. The molecule has 1 aromatic heterocycles. The first-order chi connectivity index (χ1) is 17.6. The Bertz CT molecular complexity index is 1210. The summed E-state index contributed by atoms with van der Waals surface area (Å²) in [5.74, 6) is -0.350. The molecule has 1 saturated carbocycles. The SMILES string of the molecule is CCC(CC)n1cc(/C=C/CCOCc2ccccc2)c(=O)c2cc(F)c(NC3CCCCC3)cc21. The van der Waals surface area contributed by atoms with E-state index < -0.39 is 0 Å². The van der Waals surface area contributed by atoms with E-state index in [4.69, 9.17) is 4.74 Å². The molecule has 1 aliphatic rings. The summed E-state index contributed by atoms with van der Waals surface area (Å²) < 4.78 is 23.1. The average molecular weight is 491 g/mol. The number of ether oxygens (including phenoxy) is 1. The van der Waals surface area contributed by atoms with E-state index in [-0.39, 0.29) is 17.3 Å². The predicted octanol–water partition coefficient (Wildman–Crippen LogP) is 7.87. The van der Waals surface area contributed by atoms with E-state index in [0.717, 1.165) is 36.8 Å². The first-order valence-corrected chi connectivity index (χ1v) is 13.5. The molecule has 0 atom stereocenters. The third-order valence-corrected chi connectivity index (χ3v) is 7.29. The Morgan fingerprint density at radius 3 is 2.58 bits per heavy atom. The minimum Gasteiger partial charge on any atom is -0.380 e. The van der Waals surface area contributed by atoms with E-state index >= 15 is 4.39 Å². The zero-order chi connectivity index (χ0) is 25.3. The van der Waals surface area contributed by atoms with E-state index in [1.54, 1.807) is 0 Å². The van der Waals surface area contributed by atoms with Crippen LogP contribution in [0.1, 0.15) is 82.4 Å². The minimum atomic E-state index is -0.350. The van der Waals surface area contributed by atoms with E-state index in [2.05, 4.69) is 23.7 Å². The van der Waals surface area contributed by atoms with E-state index in [1.807, 2.05) is 54.7 Å². The molecule has 1 aliphatic carbocycles. The molecule has 4 nitrogen and oxygen atoms in total. The summed E-state index contributed by atoms with van der Waals surface area (Å²) in [5.41, 5.74) is 2.91. The van der Waals surface area contributed by atoms with E-state index in [9.17, 15) is 4.79 Å². The number of hydrogen-bond donors (Lipinski definition) is 1. The molecular weight excluding hydrogens is 451 g/mol. The molecule has 0 unspecified atom stereocenters. The fourth-order valence-corrected chi connectivity index (χ4v) is 5.20. The van der Waals surface area contributed by atoms with Gasteiger partial charge < -0.3 is 14.6 Å². The Morgan fingerprint density at radius 2 is 1.86 bits per heavy atom. The molecule has 5 heteroatoms. The van der Waals surface area contributed by atoms with Crippen LogP contribution in [-0.4, -0.2) is 17.2 Å².